The summed E-state index contributed by atoms with van der Waals surface area (Å²) in [7, 11) is 0. The Balaban J connectivity index is 2.09. The van der Waals surface area contributed by atoms with Crippen LogP contribution in [0.3, 0.4) is 0 Å². The molecule has 1 aromatic rings. The van der Waals surface area contributed by atoms with Crippen molar-refractivity contribution in [3.63, 3.8) is 0 Å². The van der Waals surface area contributed by atoms with Gasteiger partial charge in [-0.15, -0.1) is 0 Å². The van der Waals surface area contributed by atoms with Crippen molar-refractivity contribution in [2.45, 2.75) is 24.7 Å². The molecule has 104 valence electrons. The average Bonchev–Trinajstić information content (AvgIpc) is 2.47. The zero-order valence-corrected chi connectivity index (χ0v) is 11.2. The van der Waals surface area contributed by atoms with Crippen LogP contribution in [-0.2, 0) is 14.9 Å². The van der Waals surface area contributed by atoms with Crippen LogP contribution in [0.1, 0.15) is 24.8 Å². The predicted molar refractivity (Wildman–Crippen MR) is 74.9 cm³/mol. The Bertz CT molecular complexity index is 400. The topological polar surface area (TPSA) is 64.4 Å². The third kappa shape index (κ3) is 3.55. The van der Waals surface area contributed by atoms with Gasteiger partial charge in [0, 0.05) is 38.1 Å². The van der Waals surface area contributed by atoms with Crippen LogP contribution in [0.2, 0.25) is 0 Å². The van der Waals surface area contributed by atoms with E-state index in [1.807, 2.05) is 18.2 Å². The molecular formula is C15H22N2O2. The highest BCUT2D eigenvalue weighted by atomic mass is 16.5. The molecular weight excluding hydrogens is 240 g/mol. The van der Waals surface area contributed by atoms with E-state index in [9.17, 15) is 4.79 Å². The number of carbonyl (C=O) groups is 1. The van der Waals surface area contributed by atoms with Crippen LogP contribution in [0.4, 0.5) is 0 Å². The van der Waals surface area contributed by atoms with Crippen molar-refractivity contribution in [3.8, 4) is 0 Å². The van der Waals surface area contributed by atoms with Gasteiger partial charge in [0.2, 0.25) is 5.91 Å². The lowest BCUT2D eigenvalue weighted by Crippen LogP contribution is -2.44. The van der Waals surface area contributed by atoms with Crippen LogP contribution in [0.15, 0.2) is 30.3 Å². The molecule has 0 aromatic heterocycles. The Morgan fingerprint density at radius 3 is 2.58 bits per heavy atom. The molecule has 3 N–H and O–H groups in total. The summed E-state index contributed by atoms with van der Waals surface area (Å²) in [5.41, 5.74) is 6.69. The molecule has 1 aliphatic heterocycles. The average molecular weight is 262 g/mol. The van der Waals surface area contributed by atoms with Gasteiger partial charge < -0.3 is 15.8 Å². The van der Waals surface area contributed by atoms with E-state index in [0.717, 1.165) is 26.1 Å². The minimum atomic E-state index is 0.00374. The van der Waals surface area contributed by atoms with Crippen molar-refractivity contribution < 1.29 is 9.53 Å². The van der Waals surface area contributed by atoms with Gasteiger partial charge in [-0.2, -0.15) is 0 Å². The summed E-state index contributed by atoms with van der Waals surface area (Å²) in [6.07, 6.45) is 2.28. The highest BCUT2D eigenvalue weighted by molar-refractivity contribution is 5.76. The van der Waals surface area contributed by atoms with Crippen molar-refractivity contribution in [2.75, 3.05) is 26.3 Å². The number of amides is 1. The molecule has 1 amide bonds. The number of hydrogen-bond donors (Lipinski definition) is 2. The molecule has 1 fully saturated rings. The first-order valence-electron chi connectivity index (χ1n) is 6.87. The van der Waals surface area contributed by atoms with Gasteiger partial charge in [-0.05, 0) is 18.4 Å². The van der Waals surface area contributed by atoms with Crippen LogP contribution < -0.4 is 11.1 Å². The van der Waals surface area contributed by atoms with Crippen LogP contribution in [0.25, 0.3) is 0 Å². The Morgan fingerprint density at radius 2 is 1.95 bits per heavy atom. The van der Waals surface area contributed by atoms with Crippen LogP contribution >= 0.6 is 0 Å². The highest BCUT2D eigenvalue weighted by Crippen LogP contribution is 2.34. The molecule has 1 aromatic carbocycles. The van der Waals surface area contributed by atoms with Crippen molar-refractivity contribution >= 4 is 5.91 Å². The Morgan fingerprint density at radius 1 is 1.26 bits per heavy atom. The largest absolute Gasteiger partial charge is 0.381 e. The zero-order valence-electron chi connectivity index (χ0n) is 11.2. The fraction of sp³-hybridized carbons (Fsp3) is 0.533. The zero-order chi connectivity index (χ0) is 13.6. The van der Waals surface area contributed by atoms with Gasteiger partial charge in [-0.3, -0.25) is 4.79 Å². The third-order valence-electron chi connectivity index (χ3n) is 3.83. The van der Waals surface area contributed by atoms with E-state index in [1.165, 1.54) is 5.56 Å². The van der Waals surface area contributed by atoms with Crippen molar-refractivity contribution in [1.29, 1.82) is 0 Å². The summed E-state index contributed by atoms with van der Waals surface area (Å²) in [6, 6.07) is 10.4. The summed E-state index contributed by atoms with van der Waals surface area (Å²) in [5.74, 6) is 0.0318. The minimum absolute atomic E-state index is 0.00374. The first-order chi connectivity index (χ1) is 9.27. The van der Waals surface area contributed by atoms with E-state index in [-0.39, 0.29) is 11.3 Å². The quantitative estimate of drug-likeness (QED) is 0.838. The Kier molecular flexibility index (Phi) is 4.93. The summed E-state index contributed by atoms with van der Waals surface area (Å²) in [6.45, 7) is 2.57. The molecule has 0 radical (unpaired) electrons. The molecule has 4 heteroatoms. The minimum Gasteiger partial charge on any atom is -0.381 e. The Labute approximate surface area is 114 Å². The summed E-state index contributed by atoms with van der Waals surface area (Å²) < 4.78 is 5.47. The predicted octanol–water partition coefficient (Wildman–Crippen LogP) is 1.20. The maximum Gasteiger partial charge on any atom is 0.221 e. The SMILES string of the molecule is NCCC(=O)NCC1(c2ccccc2)CCOCC1. The molecule has 0 saturated carbocycles. The summed E-state index contributed by atoms with van der Waals surface area (Å²) in [5, 5.41) is 3.02. The first kappa shape index (κ1) is 14.0. The lowest BCUT2D eigenvalue weighted by Gasteiger charge is -2.38. The molecule has 1 aliphatic rings. The van der Waals surface area contributed by atoms with E-state index >= 15 is 0 Å². The van der Waals surface area contributed by atoms with Crippen LogP contribution in [0.5, 0.6) is 0 Å². The standard InChI is InChI=1S/C15H22N2O2/c16-9-6-14(18)17-12-15(7-10-19-11-8-15)13-4-2-1-3-5-13/h1-5H,6-12,16H2,(H,17,18). The van der Waals surface area contributed by atoms with Gasteiger partial charge in [0.25, 0.3) is 0 Å². The molecule has 1 heterocycles. The molecule has 1 saturated heterocycles. The number of rotatable bonds is 5. The number of nitrogens with two attached hydrogens (primary N) is 1. The molecule has 19 heavy (non-hydrogen) atoms. The number of nitrogens with one attached hydrogen (secondary N) is 1. The van der Waals surface area contributed by atoms with E-state index in [1.54, 1.807) is 0 Å². The Hall–Kier alpha value is -1.39. The maximum absolute atomic E-state index is 11.6. The fourth-order valence-electron chi connectivity index (χ4n) is 2.61. The van der Waals surface area contributed by atoms with Gasteiger partial charge in [-0.1, -0.05) is 30.3 Å². The second-order valence-electron chi connectivity index (χ2n) is 5.07. The normalized spacial score (nSPS) is 17.9. The van der Waals surface area contributed by atoms with E-state index in [4.69, 9.17) is 10.5 Å². The van der Waals surface area contributed by atoms with Gasteiger partial charge in [0.05, 0.1) is 0 Å². The highest BCUT2D eigenvalue weighted by Gasteiger charge is 2.34. The summed E-state index contributed by atoms with van der Waals surface area (Å²) in [4.78, 5) is 11.6. The van der Waals surface area contributed by atoms with Gasteiger partial charge >= 0.3 is 0 Å². The number of ether oxygens (including phenoxy) is 1. The first-order valence-corrected chi connectivity index (χ1v) is 6.87. The number of benzene rings is 1. The number of hydrogen-bond acceptors (Lipinski definition) is 3. The molecule has 0 aliphatic carbocycles. The molecule has 0 unspecified atom stereocenters. The van der Waals surface area contributed by atoms with Gasteiger partial charge in [0.15, 0.2) is 0 Å². The third-order valence-corrected chi connectivity index (χ3v) is 3.83. The van der Waals surface area contributed by atoms with Crippen LogP contribution in [0, 0.1) is 0 Å². The molecule has 4 nitrogen and oxygen atoms in total. The van der Waals surface area contributed by atoms with E-state index < -0.39 is 0 Å². The summed E-state index contributed by atoms with van der Waals surface area (Å²) >= 11 is 0. The maximum atomic E-state index is 11.6. The van der Waals surface area contributed by atoms with Crippen molar-refractivity contribution in [3.05, 3.63) is 35.9 Å². The second kappa shape index (κ2) is 6.68. The molecule has 0 atom stereocenters. The lowest BCUT2D eigenvalue weighted by molar-refractivity contribution is -0.121. The molecule has 0 bridgehead atoms. The van der Waals surface area contributed by atoms with Crippen LogP contribution in [-0.4, -0.2) is 32.2 Å². The second-order valence-corrected chi connectivity index (χ2v) is 5.07. The van der Waals surface area contributed by atoms with E-state index in [0.29, 0.717) is 19.5 Å². The monoisotopic (exact) mass is 262 g/mol. The fourth-order valence-corrected chi connectivity index (χ4v) is 2.61. The molecule has 0 spiro atoms. The van der Waals surface area contributed by atoms with E-state index in [2.05, 4.69) is 17.4 Å². The van der Waals surface area contributed by atoms with Gasteiger partial charge in [-0.25, -0.2) is 0 Å². The smallest absolute Gasteiger partial charge is 0.221 e. The molecule has 2 rings (SSSR count). The van der Waals surface area contributed by atoms with Crippen molar-refractivity contribution in [2.24, 2.45) is 5.73 Å². The number of carbonyl (C=O) groups excluding carboxylic acids is 1. The van der Waals surface area contributed by atoms with Gasteiger partial charge in [0.1, 0.15) is 0 Å². The lowest BCUT2D eigenvalue weighted by atomic mass is 9.74. The van der Waals surface area contributed by atoms with Crippen molar-refractivity contribution in [1.82, 2.24) is 5.32 Å².